The molecule has 2 aromatic rings. The van der Waals surface area contributed by atoms with Crippen LogP contribution >= 0.6 is 0 Å². The number of carbonyl (C=O) groups excluding carboxylic acids is 1. The van der Waals surface area contributed by atoms with Crippen molar-refractivity contribution in [1.29, 1.82) is 0 Å². The van der Waals surface area contributed by atoms with E-state index in [1.165, 1.54) is 12.1 Å². The summed E-state index contributed by atoms with van der Waals surface area (Å²) < 4.78 is 18.5. The van der Waals surface area contributed by atoms with Crippen LogP contribution in [-0.2, 0) is 11.2 Å². The number of aryl methyl sites for hydroxylation is 1. The average molecular weight is 358 g/mol. The highest BCUT2D eigenvalue weighted by atomic mass is 19.1. The zero-order chi connectivity index (χ0) is 18.9. The van der Waals surface area contributed by atoms with Crippen LogP contribution in [0.1, 0.15) is 30.5 Å². The highest BCUT2D eigenvalue weighted by molar-refractivity contribution is 5.76. The molecule has 1 unspecified atom stereocenters. The number of ether oxygens (including phenoxy) is 1. The summed E-state index contributed by atoms with van der Waals surface area (Å²) in [5, 5.41) is 2.98. The van der Waals surface area contributed by atoms with Gasteiger partial charge in [-0.1, -0.05) is 24.3 Å². The van der Waals surface area contributed by atoms with E-state index in [0.717, 1.165) is 16.9 Å². The van der Waals surface area contributed by atoms with E-state index in [0.29, 0.717) is 26.0 Å². The van der Waals surface area contributed by atoms with Crippen molar-refractivity contribution < 1.29 is 13.9 Å². The van der Waals surface area contributed by atoms with Gasteiger partial charge in [-0.25, -0.2) is 4.39 Å². The summed E-state index contributed by atoms with van der Waals surface area (Å²) in [5.41, 5.74) is 2.08. The van der Waals surface area contributed by atoms with Crippen molar-refractivity contribution in [3.63, 3.8) is 0 Å². The van der Waals surface area contributed by atoms with E-state index in [4.69, 9.17) is 4.74 Å². The van der Waals surface area contributed by atoms with Gasteiger partial charge in [0.25, 0.3) is 0 Å². The van der Waals surface area contributed by atoms with Crippen molar-refractivity contribution in [1.82, 2.24) is 10.2 Å². The first-order valence-corrected chi connectivity index (χ1v) is 8.90. The average Bonchev–Trinajstić information content (AvgIpc) is 2.63. The molecule has 2 aromatic carbocycles. The van der Waals surface area contributed by atoms with Crippen molar-refractivity contribution >= 4 is 5.91 Å². The van der Waals surface area contributed by atoms with Crippen molar-refractivity contribution in [3.05, 3.63) is 65.5 Å². The monoisotopic (exact) mass is 358 g/mol. The van der Waals surface area contributed by atoms with Gasteiger partial charge in [-0.3, -0.25) is 4.79 Å². The first-order chi connectivity index (χ1) is 12.5. The Kier molecular flexibility index (Phi) is 7.60. The Morgan fingerprint density at radius 2 is 1.77 bits per heavy atom. The lowest BCUT2D eigenvalue weighted by molar-refractivity contribution is -0.121. The predicted octanol–water partition coefficient (Wildman–Crippen LogP) is 3.58. The van der Waals surface area contributed by atoms with Crippen molar-refractivity contribution in [2.24, 2.45) is 0 Å². The van der Waals surface area contributed by atoms with Crippen LogP contribution in [0.2, 0.25) is 0 Å². The number of amides is 1. The normalized spacial score (nSPS) is 12.0. The van der Waals surface area contributed by atoms with Crippen molar-refractivity contribution in [2.75, 3.05) is 27.2 Å². The van der Waals surface area contributed by atoms with Crippen molar-refractivity contribution in [3.8, 4) is 5.75 Å². The van der Waals surface area contributed by atoms with Gasteiger partial charge in [-0.05, 0) is 62.8 Å². The maximum atomic E-state index is 13.1. The van der Waals surface area contributed by atoms with Crippen LogP contribution in [-0.4, -0.2) is 38.1 Å². The van der Waals surface area contributed by atoms with E-state index in [-0.39, 0.29) is 17.8 Å². The topological polar surface area (TPSA) is 41.6 Å². The number of nitrogens with zero attached hydrogens (tertiary/aromatic N) is 1. The van der Waals surface area contributed by atoms with Gasteiger partial charge in [0.15, 0.2) is 0 Å². The van der Waals surface area contributed by atoms with Crippen LogP contribution in [0, 0.1) is 5.82 Å². The predicted molar refractivity (Wildman–Crippen MR) is 102 cm³/mol. The van der Waals surface area contributed by atoms with Gasteiger partial charge in [0.2, 0.25) is 5.91 Å². The second kappa shape index (κ2) is 9.92. The summed E-state index contributed by atoms with van der Waals surface area (Å²) in [6.07, 6.45) is 1.11. The van der Waals surface area contributed by atoms with Gasteiger partial charge < -0.3 is 15.0 Å². The zero-order valence-electron chi connectivity index (χ0n) is 15.7. The first-order valence-electron chi connectivity index (χ1n) is 8.90. The minimum atomic E-state index is -0.259. The number of hydrogen-bond acceptors (Lipinski definition) is 3. The van der Waals surface area contributed by atoms with Gasteiger partial charge in [-0.2, -0.15) is 0 Å². The second-order valence-corrected chi connectivity index (χ2v) is 6.41. The Morgan fingerprint density at radius 1 is 1.12 bits per heavy atom. The van der Waals surface area contributed by atoms with Crippen LogP contribution in [0.15, 0.2) is 48.5 Å². The summed E-state index contributed by atoms with van der Waals surface area (Å²) in [5.74, 6) is 0.590. The zero-order valence-corrected chi connectivity index (χ0v) is 15.7. The SMILES string of the molecule is CCOc1ccc(CCC(=O)NCC(c2ccc(F)cc2)N(C)C)cc1. The smallest absolute Gasteiger partial charge is 0.220 e. The van der Waals surface area contributed by atoms with E-state index in [1.807, 2.05) is 50.2 Å². The van der Waals surface area contributed by atoms with Crippen LogP contribution < -0.4 is 10.1 Å². The van der Waals surface area contributed by atoms with E-state index in [1.54, 1.807) is 12.1 Å². The van der Waals surface area contributed by atoms with Crippen LogP contribution in [0.5, 0.6) is 5.75 Å². The summed E-state index contributed by atoms with van der Waals surface area (Å²) in [4.78, 5) is 14.2. The number of likely N-dealkylation sites (N-methyl/N-ethyl adjacent to an activating group) is 1. The molecule has 0 bridgehead atoms. The number of rotatable bonds is 9. The maximum absolute atomic E-state index is 13.1. The number of carbonyl (C=O) groups is 1. The molecule has 0 aliphatic carbocycles. The third kappa shape index (κ3) is 6.15. The molecule has 26 heavy (non-hydrogen) atoms. The molecule has 2 rings (SSSR count). The number of hydrogen-bond donors (Lipinski definition) is 1. The fourth-order valence-corrected chi connectivity index (χ4v) is 2.76. The van der Waals surface area contributed by atoms with E-state index in [9.17, 15) is 9.18 Å². The Hall–Kier alpha value is -2.40. The molecule has 0 aliphatic rings. The molecule has 0 saturated carbocycles. The third-order valence-electron chi connectivity index (χ3n) is 4.25. The highest BCUT2D eigenvalue weighted by Crippen LogP contribution is 2.18. The Bertz CT molecular complexity index is 684. The molecular formula is C21H27FN2O2. The molecule has 140 valence electrons. The number of nitrogens with one attached hydrogen (secondary N) is 1. The fraction of sp³-hybridized carbons (Fsp3) is 0.381. The Labute approximate surface area is 155 Å². The molecular weight excluding hydrogens is 331 g/mol. The standard InChI is InChI=1S/C21H27FN2O2/c1-4-26-19-12-5-16(6-13-19)7-14-21(25)23-15-20(24(2)3)17-8-10-18(22)11-9-17/h5-6,8-13,20H,4,7,14-15H2,1-3H3,(H,23,25). The Balaban J connectivity index is 1.83. The van der Waals surface area contributed by atoms with E-state index >= 15 is 0 Å². The second-order valence-electron chi connectivity index (χ2n) is 6.41. The van der Waals surface area contributed by atoms with Gasteiger partial charge in [-0.15, -0.1) is 0 Å². The third-order valence-corrected chi connectivity index (χ3v) is 4.25. The molecule has 1 atom stereocenters. The number of benzene rings is 2. The minimum absolute atomic E-state index is 0.00465. The lowest BCUT2D eigenvalue weighted by atomic mass is 10.1. The first kappa shape index (κ1) is 19.9. The molecule has 1 amide bonds. The summed E-state index contributed by atoms with van der Waals surface area (Å²) in [6.45, 7) is 3.08. The number of halogens is 1. The van der Waals surface area contributed by atoms with Gasteiger partial charge >= 0.3 is 0 Å². The lowest BCUT2D eigenvalue weighted by Gasteiger charge is -2.25. The largest absolute Gasteiger partial charge is 0.494 e. The van der Waals surface area contributed by atoms with Gasteiger partial charge in [0, 0.05) is 13.0 Å². The minimum Gasteiger partial charge on any atom is -0.494 e. The summed E-state index contributed by atoms with van der Waals surface area (Å²) in [6, 6.07) is 14.2. The van der Waals surface area contributed by atoms with Crippen LogP contribution in [0.4, 0.5) is 4.39 Å². The van der Waals surface area contributed by atoms with Crippen LogP contribution in [0.25, 0.3) is 0 Å². The van der Waals surface area contributed by atoms with E-state index < -0.39 is 0 Å². The molecule has 0 aromatic heterocycles. The quantitative estimate of drug-likeness (QED) is 0.745. The van der Waals surface area contributed by atoms with E-state index in [2.05, 4.69) is 5.32 Å². The summed E-state index contributed by atoms with van der Waals surface area (Å²) >= 11 is 0. The molecule has 0 radical (unpaired) electrons. The molecule has 0 fully saturated rings. The molecule has 5 heteroatoms. The fourth-order valence-electron chi connectivity index (χ4n) is 2.76. The Morgan fingerprint density at radius 3 is 2.35 bits per heavy atom. The lowest BCUT2D eigenvalue weighted by Crippen LogP contribution is -2.34. The molecule has 0 aliphatic heterocycles. The molecule has 0 spiro atoms. The van der Waals surface area contributed by atoms with Gasteiger partial charge in [0.05, 0.1) is 12.6 Å². The van der Waals surface area contributed by atoms with Crippen LogP contribution in [0.3, 0.4) is 0 Å². The maximum Gasteiger partial charge on any atom is 0.220 e. The summed E-state index contributed by atoms with van der Waals surface area (Å²) in [7, 11) is 3.89. The molecule has 0 saturated heterocycles. The molecule has 4 nitrogen and oxygen atoms in total. The highest BCUT2D eigenvalue weighted by Gasteiger charge is 2.15. The molecule has 1 N–H and O–H groups in total. The van der Waals surface area contributed by atoms with Crippen molar-refractivity contribution in [2.45, 2.75) is 25.8 Å². The molecule has 0 heterocycles. The van der Waals surface area contributed by atoms with Gasteiger partial charge in [0.1, 0.15) is 11.6 Å².